The lowest BCUT2D eigenvalue weighted by atomic mass is 10.0. The number of hydrogen-bond donors (Lipinski definition) is 2. The second-order valence-electron chi connectivity index (χ2n) is 8.60. The average molecular weight is 513 g/mol. The first kappa shape index (κ1) is 23.1. The van der Waals surface area contributed by atoms with Gasteiger partial charge in [0.25, 0.3) is 0 Å². The first-order valence-electron chi connectivity index (χ1n) is 11.3. The molecule has 0 saturated heterocycles. The standard InChI is InChI=1S/C27H19N3O8/c1-30-25-16(11-28-30)21(24-23(29-25)22-17(32)9-15(31)10-20(22)38-24)19-5-4-18(37-19)12-6-13(26(33)35-2)8-14(7-12)27(34)36-3/h4-11,28,32H,1-3H3. The molecule has 2 aromatic carbocycles. The molecule has 0 aliphatic heterocycles. The van der Waals surface area contributed by atoms with Gasteiger partial charge in [0.05, 0.1) is 41.7 Å². The fraction of sp³-hybridized carbons (Fsp3) is 0.111. The number of aromatic nitrogens is 3. The summed E-state index contributed by atoms with van der Waals surface area (Å²) in [6.07, 6.45) is 1.73. The third-order valence-electron chi connectivity index (χ3n) is 6.31. The maximum absolute atomic E-state index is 12.2. The highest BCUT2D eigenvalue weighted by Gasteiger charge is 2.24. The van der Waals surface area contributed by atoms with E-state index in [0.717, 1.165) is 6.07 Å². The SMILES string of the molecule is COC(=O)c1cc(C(=O)OC)cc(-c2ccc(-c3c4c[nH]n(C)c4nc4c3oc3cc(=O)cc(O)c34)o2)c1. The highest BCUT2D eigenvalue weighted by molar-refractivity contribution is 6.15. The summed E-state index contributed by atoms with van der Waals surface area (Å²) < 4.78 is 23.6. The van der Waals surface area contributed by atoms with Crippen molar-refractivity contribution in [3.05, 3.63) is 70.0 Å². The van der Waals surface area contributed by atoms with Gasteiger partial charge < -0.3 is 28.5 Å². The Kier molecular flexibility index (Phi) is 5.09. The van der Waals surface area contributed by atoms with Crippen LogP contribution in [-0.4, -0.2) is 46.0 Å². The Morgan fingerprint density at radius 2 is 1.66 bits per heavy atom. The molecular formula is C27H19N3O8. The van der Waals surface area contributed by atoms with E-state index in [-0.39, 0.29) is 22.5 Å². The Labute approximate surface area is 212 Å². The molecule has 11 nitrogen and oxygen atoms in total. The number of nitrogens with one attached hydrogen (secondary N) is 1. The summed E-state index contributed by atoms with van der Waals surface area (Å²) in [6, 6.07) is 10.3. The van der Waals surface area contributed by atoms with Crippen molar-refractivity contribution in [1.82, 2.24) is 14.8 Å². The van der Waals surface area contributed by atoms with Crippen LogP contribution in [0.5, 0.6) is 5.75 Å². The highest BCUT2D eigenvalue weighted by atomic mass is 16.5. The van der Waals surface area contributed by atoms with Crippen molar-refractivity contribution in [3.63, 3.8) is 0 Å². The molecule has 190 valence electrons. The van der Waals surface area contributed by atoms with Crippen molar-refractivity contribution in [3.8, 4) is 28.4 Å². The van der Waals surface area contributed by atoms with Crippen LogP contribution in [0.25, 0.3) is 55.7 Å². The number of H-pyrrole nitrogens is 1. The zero-order chi connectivity index (χ0) is 26.7. The molecule has 0 bridgehead atoms. The number of ether oxygens (including phenoxy) is 2. The van der Waals surface area contributed by atoms with Gasteiger partial charge in [0.15, 0.2) is 16.7 Å². The number of furan rings is 2. The predicted octanol–water partition coefficient (Wildman–Crippen LogP) is 4.37. The van der Waals surface area contributed by atoms with E-state index in [1.165, 1.54) is 26.4 Å². The molecule has 0 fully saturated rings. The number of esters is 2. The topological polar surface area (TPSA) is 150 Å². The number of nitrogens with zero attached hydrogens (tertiary/aromatic N) is 2. The van der Waals surface area contributed by atoms with Crippen LogP contribution in [0.4, 0.5) is 0 Å². The maximum atomic E-state index is 12.2. The smallest absolute Gasteiger partial charge is 0.337 e. The number of rotatable bonds is 4. The molecule has 6 aromatic rings. The van der Waals surface area contributed by atoms with E-state index < -0.39 is 17.4 Å². The molecule has 6 rings (SSSR count). The third-order valence-corrected chi connectivity index (χ3v) is 6.31. The Hall–Kier alpha value is -5.32. The van der Waals surface area contributed by atoms with Gasteiger partial charge in [0.1, 0.15) is 28.4 Å². The molecule has 4 heterocycles. The largest absolute Gasteiger partial charge is 0.507 e. The Morgan fingerprint density at radius 3 is 2.34 bits per heavy atom. The number of methoxy groups -OCH3 is 2. The van der Waals surface area contributed by atoms with Crippen LogP contribution < -0.4 is 5.43 Å². The van der Waals surface area contributed by atoms with Crippen LogP contribution in [-0.2, 0) is 16.5 Å². The fourth-order valence-electron chi connectivity index (χ4n) is 4.57. The second-order valence-corrected chi connectivity index (χ2v) is 8.60. The summed E-state index contributed by atoms with van der Waals surface area (Å²) in [5, 5.41) is 14.6. The van der Waals surface area contributed by atoms with Crippen LogP contribution >= 0.6 is 0 Å². The Bertz CT molecular complexity index is 1950. The number of carbonyl (C=O) groups excluding carboxylic acids is 2. The van der Waals surface area contributed by atoms with Crippen molar-refractivity contribution in [1.29, 1.82) is 0 Å². The van der Waals surface area contributed by atoms with Gasteiger partial charge in [-0.15, -0.1) is 0 Å². The number of pyridine rings is 1. The van der Waals surface area contributed by atoms with Crippen LogP contribution in [0.15, 0.2) is 62.3 Å². The van der Waals surface area contributed by atoms with E-state index >= 15 is 0 Å². The molecule has 2 N–H and O–H groups in total. The average Bonchev–Trinajstić information content (AvgIpc) is 3.63. The third kappa shape index (κ3) is 3.44. The van der Waals surface area contributed by atoms with Gasteiger partial charge in [-0.2, -0.15) is 0 Å². The van der Waals surface area contributed by atoms with Gasteiger partial charge in [-0.05, 0) is 30.3 Å². The number of aromatic hydroxyl groups is 1. The number of phenols is 1. The number of benzene rings is 2. The van der Waals surface area contributed by atoms with E-state index in [9.17, 15) is 19.5 Å². The quantitative estimate of drug-likeness (QED) is 0.328. The molecule has 4 aromatic heterocycles. The van der Waals surface area contributed by atoms with Crippen LogP contribution in [0.3, 0.4) is 0 Å². The highest BCUT2D eigenvalue weighted by Crippen LogP contribution is 2.42. The molecule has 0 amide bonds. The van der Waals surface area contributed by atoms with Crippen molar-refractivity contribution >= 4 is 45.0 Å². The summed E-state index contributed by atoms with van der Waals surface area (Å²) in [5.74, 6) is -0.741. The Balaban J connectivity index is 1.60. The zero-order valence-corrected chi connectivity index (χ0v) is 20.3. The van der Waals surface area contributed by atoms with Crippen molar-refractivity contribution < 1.29 is 33.0 Å². The first-order chi connectivity index (χ1) is 18.3. The van der Waals surface area contributed by atoms with E-state index in [0.29, 0.717) is 50.2 Å². The lowest BCUT2D eigenvalue weighted by Gasteiger charge is -2.07. The van der Waals surface area contributed by atoms with Crippen molar-refractivity contribution in [2.75, 3.05) is 14.2 Å². The van der Waals surface area contributed by atoms with Crippen LogP contribution in [0, 0.1) is 0 Å². The minimum Gasteiger partial charge on any atom is -0.507 e. The normalized spacial score (nSPS) is 11.4. The maximum Gasteiger partial charge on any atom is 0.337 e. The number of hydrogen-bond acceptors (Lipinski definition) is 9. The lowest BCUT2D eigenvalue weighted by Crippen LogP contribution is -2.06. The number of carbonyl (C=O) groups is 2. The molecule has 0 radical (unpaired) electrons. The summed E-state index contributed by atoms with van der Waals surface area (Å²) in [5.41, 5.74) is 2.29. The van der Waals surface area contributed by atoms with E-state index in [4.69, 9.17) is 18.3 Å². The molecule has 0 atom stereocenters. The summed E-state index contributed by atoms with van der Waals surface area (Å²) in [6.45, 7) is 0. The fourth-order valence-corrected chi connectivity index (χ4v) is 4.57. The van der Waals surface area contributed by atoms with Crippen molar-refractivity contribution in [2.45, 2.75) is 0 Å². The molecule has 0 aliphatic carbocycles. The molecule has 0 spiro atoms. The van der Waals surface area contributed by atoms with Gasteiger partial charge in [-0.3, -0.25) is 9.48 Å². The van der Waals surface area contributed by atoms with E-state index in [1.54, 1.807) is 42.2 Å². The van der Waals surface area contributed by atoms with Gasteiger partial charge >= 0.3 is 11.9 Å². The first-order valence-corrected chi connectivity index (χ1v) is 11.3. The molecule has 0 aliphatic rings. The number of fused-ring (bicyclic) bond motifs is 4. The summed E-state index contributed by atoms with van der Waals surface area (Å²) in [4.78, 5) is 41.2. The molecule has 0 saturated carbocycles. The van der Waals surface area contributed by atoms with Crippen LogP contribution in [0.2, 0.25) is 0 Å². The monoisotopic (exact) mass is 513 g/mol. The van der Waals surface area contributed by atoms with Gasteiger partial charge in [-0.1, -0.05) is 0 Å². The van der Waals surface area contributed by atoms with Gasteiger partial charge in [0, 0.05) is 30.9 Å². The summed E-state index contributed by atoms with van der Waals surface area (Å²) in [7, 11) is 4.27. The van der Waals surface area contributed by atoms with Gasteiger partial charge in [0.2, 0.25) is 0 Å². The minimum absolute atomic E-state index is 0.149. The van der Waals surface area contributed by atoms with E-state index in [1.807, 2.05) is 0 Å². The molecule has 0 unspecified atom stereocenters. The zero-order valence-electron chi connectivity index (χ0n) is 20.3. The number of phenolic OH excluding ortho intramolecular Hbond substituents is 1. The Morgan fingerprint density at radius 1 is 0.974 bits per heavy atom. The predicted molar refractivity (Wildman–Crippen MR) is 136 cm³/mol. The lowest BCUT2D eigenvalue weighted by molar-refractivity contribution is 0.0599. The number of aromatic amines is 1. The van der Waals surface area contributed by atoms with Crippen LogP contribution in [0.1, 0.15) is 20.7 Å². The van der Waals surface area contributed by atoms with E-state index in [2.05, 4.69) is 10.1 Å². The molecular weight excluding hydrogens is 494 g/mol. The second kappa shape index (κ2) is 8.37. The minimum atomic E-state index is -0.624. The van der Waals surface area contributed by atoms with Crippen molar-refractivity contribution in [2.24, 2.45) is 7.05 Å². The van der Waals surface area contributed by atoms with Gasteiger partial charge in [-0.25, -0.2) is 14.6 Å². The summed E-state index contributed by atoms with van der Waals surface area (Å²) >= 11 is 0. The number of aryl methyl sites for hydroxylation is 1. The molecule has 38 heavy (non-hydrogen) atoms. The molecule has 11 heteroatoms.